The van der Waals surface area contributed by atoms with Crippen LogP contribution >= 0.6 is 10.9 Å². The number of pyridine rings is 1. The van der Waals surface area contributed by atoms with Gasteiger partial charge in [-0.3, -0.25) is 0 Å². The molecule has 0 radical (unpaired) electrons. The van der Waals surface area contributed by atoms with Crippen LogP contribution in [0.3, 0.4) is 0 Å². The second-order valence-corrected chi connectivity index (χ2v) is 7.93. The minimum atomic E-state index is 1.08. The van der Waals surface area contributed by atoms with Crippen molar-refractivity contribution in [1.82, 2.24) is 9.61 Å². The number of hydrogen-bond acceptors (Lipinski definition) is 1. The molecule has 1 aliphatic heterocycles. The Morgan fingerprint density at radius 2 is 1.29 bits per heavy atom. The van der Waals surface area contributed by atoms with E-state index in [1.165, 1.54) is 42.7 Å². The lowest BCUT2D eigenvalue weighted by Gasteiger charge is -2.05. The SMILES string of the molecule is c1ccc(C2=S=C(c3ccccc3)c3c2nn2ccc4ccccc4c32)cc1. The van der Waals surface area contributed by atoms with E-state index in [0.29, 0.717) is 0 Å². The van der Waals surface area contributed by atoms with Crippen molar-refractivity contribution >= 4 is 37.0 Å². The summed E-state index contributed by atoms with van der Waals surface area (Å²) >= 11 is 0. The molecule has 0 fully saturated rings. The monoisotopic (exact) mass is 376 g/mol. The largest absolute Gasteiger partial charge is 0.239 e. The van der Waals surface area contributed by atoms with E-state index in [1.54, 1.807) is 0 Å². The zero-order chi connectivity index (χ0) is 18.5. The van der Waals surface area contributed by atoms with Crippen molar-refractivity contribution in [2.75, 3.05) is 0 Å². The molecule has 1 aliphatic rings. The molecular formula is C25H16N2S. The first-order chi connectivity index (χ1) is 13.9. The lowest BCUT2D eigenvalue weighted by molar-refractivity contribution is 0.961. The van der Waals surface area contributed by atoms with Gasteiger partial charge in [0, 0.05) is 22.0 Å². The van der Waals surface area contributed by atoms with E-state index in [0.717, 1.165) is 5.69 Å². The van der Waals surface area contributed by atoms with Crippen molar-refractivity contribution in [3.8, 4) is 0 Å². The number of nitrogens with zero attached hydrogens (tertiary/aromatic N) is 2. The van der Waals surface area contributed by atoms with Crippen molar-refractivity contribution in [1.29, 1.82) is 0 Å². The molecule has 0 unspecified atom stereocenters. The van der Waals surface area contributed by atoms with E-state index < -0.39 is 0 Å². The van der Waals surface area contributed by atoms with E-state index in [2.05, 4.69) is 97.2 Å². The van der Waals surface area contributed by atoms with Crippen LogP contribution in [0.5, 0.6) is 0 Å². The number of aromatic nitrogens is 2. The molecule has 3 heterocycles. The summed E-state index contributed by atoms with van der Waals surface area (Å²) < 4.78 is 2.04. The lowest BCUT2D eigenvalue weighted by Crippen LogP contribution is -2.02. The number of rotatable bonds is 2. The van der Waals surface area contributed by atoms with Gasteiger partial charge in [-0.05, 0) is 22.6 Å². The molecule has 0 amide bonds. The fraction of sp³-hybridized carbons (Fsp3) is 0. The molecule has 3 aromatic carbocycles. The van der Waals surface area contributed by atoms with Crippen molar-refractivity contribution in [3.05, 3.63) is 120 Å². The van der Waals surface area contributed by atoms with Crippen LogP contribution in [0.2, 0.25) is 0 Å². The van der Waals surface area contributed by atoms with E-state index in [1.807, 2.05) is 15.5 Å². The Bertz CT molecular complexity index is 1420. The van der Waals surface area contributed by atoms with Gasteiger partial charge in [-0.15, -0.1) is 10.9 Å². The van der Waals surface area contributed by atoms with Gasteiger partial charge in [0.05, 0.1) is 10.4 Å². The Kier molecular flexibility index (Phi) is 3.37. The molecule has 0 aliphatic carbocycles. The summed E-state index contributed by atoms with van der Waals surface area (Å²) in [5.74, 6) is 0. The van der Waals surface area contributed by atoms with Gasteiger partial charge in [-0.25, -0.2) is 4.52 Å². The first-order valence-electron chi connectivity index (χ1n) is 9.33. The molecular weight excluding hydrogens is 360 g/mol. The normalized spacial score (nSPS) is 13.1. The van der Waals surface area contributed by atoms with E-state index in [9.17, 15) is 0 Å². The summed E-state index contributed by atoms with van der Waals surface area (Å²) in [6.45, 7) is 0. The van der Waals surface area contributed by atoms with Gasteiger partial charge in [0.15, 0.2) is 0 Å². The molecule has 2 aromatic heterocycles. The summed E-state index contributed by atoms with van der Waals surface area (Å²) in [7, 11) is 1.83. The van der Waals surface area contributed by atoms with E-state index in [4.69, 9.17) is 5.10 Å². The van der Waals surface area contributed by atoms with Crippen molar-refractivity contribution in [2.45, 2.75) is 0 Å². The Hall–Kier alpha value is -3.43. The predicted molar refractivity (Wildman–Crippen MR) is 120 cm³/mol. The number of hydrogen-bond donors (Lipinski definition) is 0. The smallest absolute Gasteiger partial charge is 0.113 e. The highest BCUT2D eigenvalue weighted by Crippen LogP contribution is 2.33. The predicted octanol–water partition coefficient (Wildman–Crippen LogP) is 5.37. The Morgan fingerprint density at radius 1 is 0.643 bits per heavy atom. The van der Waals surface area contributed by atoms with E-state index in [-0.39, 0.29) is 0 Å². The van der Waals surface area contributed by atoms with Crippen LogP contribution in [0.4, 0.5) is 0 Å². The highest BCUT2D eigenvalue weighted by atomic mass is 32.1. The second-order valence-electron chi connectivity index (χ2n) is 6.91. The van der Waals surface area contributed by atoms with Crippen LogP contribution in [-0.4, -0.2) is 19.3 Å². The van der Waals surface area contributed by atoms with Crippen molar-refractivity contribution < 1.29 is 0 Å². The van der Waals surface area contributed by atoms with Gasteiger partial charge in [0.2, 0.25) is 0 Å². The fourth-order valence-electron chi connectivity index (χ4n) is 3.96. The fourth-order valence-corrected chi connectivity index (χ4v) is 5.21. The van der Waals surface area contributed by atoms with Crippen LogP contribution in [0.15, 0.2) is 97.2 Å². The number of fused-ring (bicyclic) bond motifs is 5. The van der Waals surface area contributed by atoms with Crippen molar-refractivity contribution in [3.63, 3.8) is 0 Å². The molecule has 2 nitrogen and oxygen atoms in total. The summed E-state index contributed by atoms with van der Waals surface area (Å²) in [4.78, 5) is 2.50. The van der Waals surface area contributed by atoms with Crippen LogP contribution in [0.25, 0.3) is 16.3 Å². The van der Waals surface area contributed by atoms with E-state index >= 15 is 0 Å². The van der Waals surface area contributed by atoms with Gasteiger partial charge < -0.3 is 0 Å². The minimum absolute atomic E-state index is 1.08. The topological polar surface area (TPSA) is 17.3 Å². The van der Waals surface area contributed by atoms with Crippen LogP contribution in [0, 0.1) is 0 Å². The van der Waals surface area contributed by atoms with Gasteiger partial charge in [0.25, 0.3) is 0 Å². The standard InChI is InChI=1S/C25H16N2S/c1-3-10-18(11-4-1)24-21-22(25(28-24)19-12-5-2-6-13-19)26-27-16-15-17-9-7-8-14-20(17)23(21)27/h1-16H. The van der Waals surface area contributed by atoms with Crippen LogP contribution in [-0.2, 0) is 0 Å². The molecule has 5 aromatic rings. The zero-order valence-electron chi connectivity index (χ0n) is 15.0. The van der Waals surface area contributed by atoms with Gasteiger partial charge in [-0.1, -0.05) is 84.9 Å². The third kappa shape index (κ3) is 2.23. The molecule has 0 bridgehead atoms. The molecule has 0 N–H and O–H groups in total. The quantitative estimate of drug-likeness (QED) is 0.371. The molecule has 132 valence electrons. The second kappa shape index (κ2) is 6.04. The maximum absolute atomic E-state index is 5.01. The van der Waals surface area contributed by atoms with Crippen LogP contribution < -0.4 is 0 Å². The maximum Gasteiger partial charge on any atom is 0.113 e. The van der Waals surface area contributed by atoms with Gasteiger partial charge in [0.1, 0.15) is 5.69 Å². The molecule has 28 heavy (non-hydrogen) atoms. The Labute approximate surface area is 166 Å². The highest BCUT2D eigenvalue weighted by Gasteiger charge is 2.27. The lowest BCUT2D eigenvalue weighted by atomic mass is 9.98. The van der Waals surface area contributed by atoms with Gasteiger partial charge in [-0.2, -0.15) is 5.10 Å². The third-order valence-corrected chi connectivity index (χ3v) is 6.52. The minimum Gasteiger partial charge on any atom is -0.239 e. The average molecular weight is 376 g/mol. The van der Waals surface area contributed by atoms with Crippen molar-refractivity contribution in [2.24, 2.45) is 0 Å². The molecule has 0 atom stereocenters. The number of benzene rings is 3. The molecule has 3 heteroatoms. The van der Waals surface area contributed by atoms with Gasteiger partial charge >= 0.3 is 0 Å². The molecule has 0 saturated carbocycles. The Balaban J connectivity index is 1.75. The summed E-state index contributed by atoms with van der Waals surface area (Å²) in [6, 6.07) is 31.9. The molecule has 6 rings (SSSR count). The third-order valence-electron chi connectivity index (χ3n) is 5.24. The summed E-state index contributed by atoms with van der Waals surface area (Å²) in [5, 5.41) is 7.49. The summed E-state index contributed by atoms with van der Waals surface area (Å²) in [5.41, 5.74) is 5.96. The Morgan fingerprint density at radius 3 is 2.04 bits per heavy atom. The first-order valence-corrected chi connectivity index (χ1v) is 10.2. The summed E-state index contributed by atoms with van der Waals surface area (Å²) in [6.07, 6.45) is 2.08. The van der Waals surface area contributed by atoms with Crippen LogP contribution in [0.1, 0.15) is 22.4 Å². The average Bonchev–Trinajstić information content (AvgIpc) is 3.32. The molecule has 0 spiro atoms. The zero-order valence-corrected chi connectivity index (χ0v) is 15.9. The highest BCUT2D eigenvalue weighted by molar-refractivity contribution is 8.00. The maximum atomic E-state index is 5.01. The molecule has 0 saturated heterocycles. The first kappa shape index (κ1) is 15.6.